The zero-order valence-electron chi connectivity index (χ0n) is 16.2. The average Bonchev–Trinajstić information content (AvgIpc) is 2.76. The van der Waals surface area contributed by atoms with Crippen molar-refractivity contribution in [3.05, 3.63) is 84.4 Å². The molecule has 1 aliphatic heterocycles. The molecule has 0 bridgehead atoms. The summed E-state index contributed by atoms with van der Waals surface area (Å²) >= 11 is 6.36. The van der Waals surface area contributed by atoms with Crippen LogP contribution >= 0.6 is 11.6 Å². The first kappa shape index (κ1) is 19.2. The van der Waals surface area contributed by atoms with Gasteiger partial charge in [-0.2, -0.15) is 10.2 Å². The van der Waals surface area contributed by atoms with Crippen molar-refractivity contribution >= 4 is 40.3 Å². The Morgan fingerprint density at radius 3 is 2.00 bits per heavy atom. The van der Waals surface area contributed by atoms with Gasteiger partial charge >= 0.3 is 0 Å². The summed E-state index contributed by atoms with van der Waals surface area (Å²) in [4.78, 5) is 16.2. The molecule has 0 aliphatic carbocycles. The van der Waals surface area contributed by atoms with Crippen LogP contribution in [-0.4, -0.2) is 25.4 Å². The lowest BCUT2D eigenvalue weighted by Gasteiger charge is -2.44. The van der Waals surface area contributed by atoms with Crippen LogP contribution in [0.1, 0.15) is 11.6 Å². The number of carbonyl (C=O) groups excluding carboxylic acids is 1. The highest BCUT2D eigenvalue weighted by atomic mass is 35.5. The summed E-state index contributed by atoms with van der Waals surface area (Å²) in [6.45, 7) is 0. The van der Waals surface area contributed by atoms with Crippen LogP contribution in [0.2, 0.25) is 0 Å². The van der Waals surface area contributed by atoms with Crippen LogP contribution in [0.4, 0.5) is 22.7 Å². The lowest BCUT2D eigenvalue weighted by atomic mass is 9.92. The highest BCUT2D eigenvalue weighted by Gasteiger charge is 2.47. The van der Waals surface area contributed by atoms with Crippen molar-refractivity contribution in [3.8, 4) is 0 Å². The molecule has 3 aromatic rings. The fourth-order valence-corrected chi connectivity index (χ4v) is 3.68. The van der Waals surface area contributed by atoms with E-state index in [9.17, 15) is 4.79 Å². The topological polar surface area (TPSA) is 48.3 Å². The largest absolute Gasteiger partial charge is 0.378 e. The van der Waals surface area contributed by atoms with Crippen molar-refractivity contribution in [1.82, 2.24) is 0 Å². The molecule has 0 aromatic heterocycles. The number of carbonyl (C=O) groups is 1. The standard InChI is InChI=1S/C23H21ClN4O/c1-27(2)19-12-8-16(9-13-19)22-21(24)23(29)28(22)20-14-10-18(11-15-20)26-25-17-6-4-3-5-7-17/h3-15,21-22H,1-2H3. The molecule has 5 nitrogen and oxygen atoms in total. The summed E-state index contributed by atoms with van der Waals surface area (Å²) in [6.07, 6.45) is 0. The van der Waals surface area contributed by atoms with E-state index < -0.39 is 5.38 Å². The zero-order chi connectivity index (χ0) is 20.4. The number of β-lactam (4-membered cyclic amide) rings is 1. The fourth-order valence-electron chi connectivity index (χ4n) is 3.32. The first-order valence-corrected chi connectivity index (χ1v) is 9.79. The third-order valence-electron chi connectivity index (χ3n) is 4.94. The van der Waals surface area contributed by atoms with Gasteiger partial charge < -0.3 is 9.80 Å². The van der Waals surface area contributed by atoms with Gasteiger partial charge in [0.15, 0.2) is 0 Å². The predicted octanol–water partition coefficient (Wildman–Crippen LogP) is 5.86. The molecule has 1 heterocycles. The minimum absolute atomic E-state index is 0.0907. The number of hydrogen-bond acceptors (Lipinski definition) is 4. The SMILES string of the molecule is CN(C)c1ccc(C2C(Cl)C(=O)N2c2ccc(N=Nc3ccccc3)cc2)cc1. The number of hydrogen-bond donors (Lipinski definition) is 0. The number of azo groups is 1. The molecular weight excluding hydrogens is 384 g/mol. The molecule has 1 amide bonds. The summed E-state index contributed by atoms with van der Waals surface area (Å²) in [5.74, 6) is -0.0907. The predicted molar refractivity (Wildman–Crippen MR) is 118 cm³/mol. The molecule has 29 heavy (non-hydrogen) atoms. The maximum atomic E-state index is 12.5. The number of rotatable bonds is 5. The molecule has 2 atom stereocenters. The lowest BCUT2D eigenvalue weighted by molar-refractivity contribution is -0.123. The molecular formula is C23H21ClN4O. The first-order valence-electron chi connectivity index (χ1n) is 9.36. The van der Waals surface area contributed by atoms with Gasteiger partial charge in [0, 0.05) is 25.5 Å². The summed E-state index contributed by atoms with van der Waals surface area (Å²) in [6, 6.07) is 24.9. The van der Waals surface area contributed by atoms with E-state index in [1.165, 1.54) is 0 Å². The van der Waals surface area contributed by atoms with E-state index in [2.05, 4.69) is 10.2 Å². The van der Waals surface area contributed by atoms with E-state index in [0.717, 1.165) is 28.3 Å². The third-order valence-corrected chi connectivity index (χ3v) is 5.37. The number of benzene rings is 3. The number of halogens is 1. The molecule has 2 unspecified atom stereocenters. The van der Waals surface area contributed by atoms with Crippen molar-refractivity contribution in [2.24, 2.45) is 10.2 Å². The second kappa shape index (κ2) is 8.05. The Bertz CT molecular complexity index is 1020. The maximum absolute atomic E-state index is 12.5. The summed E-state index contributed by atoms with van der Waals surface area (Å²) < 4.78 is 0. The molecule has 0 saturated carbocycles. The van der Waals surface area contributed by atoms with Gasteiger partial charge in [-0.3, -0.25) is 4.79 Å². The monoisotopic (exact) mass is 404 g/mol. The molecule has 1 fully saturated rings. The molecule has 1 saturated heterocycles. The van der Waals surface area contributed by atoms with E-state index in [-0.39, 0.29) is 11.9 Å². The Morgan fingerprint density at radius 2 is 1.41 bits per heavy atom. The first-order chi connectivity index (χ1) is 14.0. The van der Waals surface area contributed by atoms with Crippen LogP contribution in [0.5, 0.6) is 0 Å². The van der Waals surface area contributed by atoms with Gasteiger partial charge in [-0.25, -0.2) is 0 Å². The maximum Gasteiger partial charge on any atom is 0.248 e. The van der Waals surface area contributed by atoms with Crippen LogP contribution in [0.3, 0.4) is 0 Å². The van der Waals surface area contributed by atoms with Gasteiger partial charge in [-0.1, -0.05) is 30.3 Å². The van der Waals surface area contributed by atoms with Gasteiger partial charge in [-0.15, -0.1) is 11.6 Å². The van der Waals surface area contributed by atoms with Gasteiger partial charge in [0.25, 0.3) is 0 Å². The van der Waals surface area contributed by atoms with Crippen LogP contribution in [-0.2, 0) is 4.79 Å². The van der Waals surface area contributed by atoms with Crippen LogP contribution < -0.4 is 9.80 Å². The van der Waals surface area contributed by atoms with Crippen molar-refractivity contribution in [2.75, 3.05) is 23.9 Å². The average molecular weight is 405 g/mol. The Kier molecular flexibility index (Phi) is 5.32. The highest BCUT2D eigenvalue weighted by molar-refractivity contribution is 6.37. The van der Waals surface area contributed by atoms with Crippen molar-refractivity contribution in [1.29, 1.82) is 0 Å². The molecule has 0 radical (unpaired) electrons. The van der Waals surface area contributed by atoms with E-state index >= 15 is 0 Å². The quantitative estimate of drug-likeness (QED) is 0.303. The van der Waals surface area contributed by atoms with Crippen molar-refractivity contribution in [2.45, 2.75) is 11.4 Å². The molecule has 6 heteroatoms. The Labute approximate surface area is 175 Å². The van der Waals surface area contributed by atoms with E-state index in [4.69, 9.17) is 11.6 Å². The third kappa shape index (κ3) is 3.87. The van der Waals surface area contributed by atoms with E-state index in [1.54, 1.807) is 4.90 Å². The second-order valence-corrected chi connectivity index (χ2v) is 7.56. The Hall–Kier alpha value is -3.18. The van der Waals surface area contributed by atoms with Gasteiger partial charge in [-0.05, 0) is 54.1 Å². The van der Waals surface area contributed by atoms with E-state index in [0.29, 0.717) is 0 Å². The van der Waals surface area contributed by atoms with Gasteiger partial charge in [0.1, 0.15) is 5.38 Å². The van der Waals surface area contributed by atoms with Crippen molar-refractivity contribution in [3.63, 3.8) is 0 Å². The lowest BCUT2D eigenvalue weighted by Crippen LogP contribution is -2.56. The number of alkyl halides is 1. The van der Waals surface area contributed by atoms with Crippen LogP contribution in [0.15, 0.2) is 89.1 Å². The molecule has 0 N–H and O–H groups in total. The second-order valence-electron chi connectivity index (χ2n) is 7.09. The van der Waals surface area contributed by atoms with Crippen molar-refractivity contribution < 1.29 is 4.79 Å². The molecule has 4 rings (SSSR count). The smallest absolute Gasteiger partial charge is 0.248 e. The summed E-state index contributed by atoms with van der Waals surface area (Å²) in [5, 5.41) is 7.91. The van der Waals surface area contributed by atoms with Crippen LogP contribution in [0.25, 0.3) is 0 Å². The molecule has 146 valence electrons. The van der Waals surface area contributed by atoms with Crippen LogP contribution in [0, 0.1) is 0 Å². The summed E-state index contributed by atoms with van der Waals surface area (Å²) in [5.41, 5.74) is 4.43. The Balaban J connectivity index is 1.53. The fraction of sp³-hybridized carbons (Fsp3) is 0.174. The minimum atomic E-state index is -0.558. The van der Waals surface area contributed by atoms with Gasteiger partial charge in [0.05, 0.1) is 17.4 Å². The number of amides is 1. The minimum Gasteiger partial charge on any atom is -0.378 e. The zero-order valence-corrected chi connectivity index (χ0v) is 17.0. The normalized spacial score (nSPS) is 18.7. The number of nitrogens with zero attached hydrogens (tertiary/aromatic N) is 4. The highest BCUT2D eigenvalue weighted by Crippen LogP contribution is 2.42. The summed E-state index contributed by atoms with van der Waals surface area (Å²) in [7, 11) is 3.99. The molecule has 1 aliphatic rings. The van der Waals surface area contributed by atoms with E-state index in [1.807, 2.05) is 97.9 Å². The molecule has 3 aromatic carbocycles. The number of anilines is 2. The van der Waals surface area contributed by atoms with Gasteiger partial charge in [0.2, 0.25) is 5.91 Å². The molecule has 0 spiro atoms. The Morgan fingerprint density at radius 1 is 0.828 bits per heavy atom.